The maximum atomic E-state index is 11.9. The number of methoxy groups -OCH3 is 1. The lowest BCUT2D eigenvalue weighted by Crippen LogP contribution is -2.32. The number of hydrogen-bond donors (Lipinski definition) is 2. The van der Waals surface area contributed by atoms with Crippen molar-refractivity contribution in [1.29, 1.82) is 0 Å². The molecular weight excluding hydrogens is 422 g/mol. The van der Waals surface area contributed by atoms with Crippen molar-refractivity contribution < 1.29 is 19.4 Å². The van der Waals surface area contributed by atoms with Crippen molar-refractivity contribution in [3.63, 3.8) is 0 Å². The normalized spacial score (nSPS) is 10.7. The summed E-state index contributed by atoms with van der Waals surface area (Å²) in [5.41, 5.74) is 1.69. The van der Waals surface area contributed by atoms with E-state index in [1.54, 1.807) is 13.2 Å². The number of likely N-dealkylation sites (N-methyl/N-ethyl adjacent to an activating group) is 1. The molecule has 0 bridgehead atoms. The fourth-order valence-electron chi connectivity index (χ4n) is 3.12. The summed E-state index contributed by atoms with van der Waals surface area (Å²) in [5, 5.41) is 12.9. The molecule has 0 spiro atoms. The van der Waals surface area contributed by atoms with Crippen LogP contribution in [0.5, 0.6) is 11.5 Å². The number of carbonyl (C=O) groups is 1. The minimum absolute atomic E-state index is 0.227. The summed E-state index contributed by atoms with van der Waals surface area (Å²) in [5.74, 6) is 2.09. The van der Waals surface area contributed by atoms with Crippen molar-refractivity contribution in [1.82, 2.24) is 14.9 Å². The molecule has 3 aromatic rings. The Labute approximate surface area is 193 Å². The van der Waals surface area contributed by atoms with Crippen LogP contribution in [0.4, 0.5) is 22.2 Å². The van der Waals surface area contributed by atoms with Crippen LogP contribution in [0.15, 0.2) is 60.8 Å². The number of benzene rings is 2. The maximum Gasteiger partial charge on any atom is 0.413 e. The average Bonchev–Trinajstić information content (AvgIpc) is 2.80. The minimum Gasteiger partial charge on any atom is -0.496 e. The van der Waals surface area contributed by atoms with E-state index in [-0.39, 0.29) is 6.54 Å². The van der Waals surface area contributed by atoms with E-state index in [0.29, 0.717) is 24.8 Å². The van der Waals surface area contributed by atoms with Crippen LogP contribution in [-0.2, 0) is 6.42 Å². The number of amides is 1. The lowest BCUT2D eigenvalue weighted by atomic mass is 10.1. The van der Waals surface area contributed by atoms with Gasteiger partial charge >= 0.3 is 6.09 Å². The Bertz CT molecular complexity index is 1040. The Morgan fingerprint density at radius 3 is 2.52 bits per heavy atom. The second-order valence-electron chi connectivity index (χ2n) is 7.54. The van der Waals surface area contributed by atoms with Crippen molar-refractivity contribution in [3.8, 4) is 11.5 Å². The summed E-state index contributed by atoms with van der Waals surface area (Å²) in [6.45, 7) is 1.66. The minimum atomic E-state index is -1.09. The van der Waals surface area contributed by atoms with Crippen LogP contribution >= 0.6 is 0 Å². The first kappa shape index (κ1) is 23.8. The van der Waals surface area contributed by atoms with E-state index < -0.39 is 6.09 Å². The number of rotatable bonds is 11. The number of anilines is 3. The quantitative estimate of drug-likeness (QED) is 0.453. The zero-order valence-corrected chi connectivity index (χ0v) is 19.1. The highest BCUT2D eigenvalue weighted by molar-refractivity contribution is 5.84. The standard InChI is InChI=1S/C24H29N5O4/c1-28(2)16-17-33-20-10-8-19(9-11-20)26-23-25-14-12-22(27-23)29(24(30)31)15-13-18-6-4-5-7-21(18)32-3/h4-12,14H,13,15-17H2,1-3H3,(H,30,31)(H,25,26,27). The highest BCUT2D eigenvalue weighted by atomic mass is 16.5. The van der Waals surface area contributed by atoms with Gasteiger partial charge in [0, 0.05) is 25.0 Å². The monoisotopic (exact) mass is 451 g/mol. The average molecular weight is 452 g/mol. The van der Waals surface area contributed by atoms with Crippen LogP contribution in [0.3, 0.4) is 0 Å². The maximum absolute atomic E-state index is 11.9. The molecule has 9 heteroatoms. The van der Waals surface area contributed by atoms with Gasteiger partial charge in [-0.1, -0.05) is 18.2 Å². The van der Waals surface area contributed by atoms with E-state index >= 15 is 0 Å². The molecule has 2 N–H and O–H groups in total. The van der Waals surface area contributed by atoms with Crippen LogP contribution < -0.4 is 19.7 Å². The fourth-order valence-corrected chi connectivity index (χ4v) is 3.12. The van der Waals surface area contributed by atoms with Gasteiger partial charge in [-0.15, -0.1) is 0 Å². The summed E-state index contributed by atoms with van der Waals surface area (Å²) in [4.78, 5) is 23.8. The molecular formula is C24H29N5O4. The van der Waals surface area contributed by atoms with Crippen molar-refractivity contribution in [3.05, 3.63) is 66.4 Å². The molecule has 33 heavy (non-hydrogen) atoms. The van der Waals surface area contributed by atoms with Gasteiger partial charge in [0.2, 0.25) is 5.95 Å². The van der Waals surface area contributed by atoms with E-state index in [2.05, 4.69) is 20.2 Å². The molecule has 0 atom stereocenters. The molecule has 0 aliphatic carbocycles. The Morgan fingerprint density at radius 1 is 1.06 bits per heavy atom. The number of para-hydroxylation sites is 1. The molecule has 0 aliphatic heterocycles. The summed E-state index contributed by atoms with van der Waals surface area (Å²) in [7, 11) is 5.58. The molecule has 0 fully saturated rings. The zero-order valence-electron chi connectivity index (χ0n) is 19.1. The third-order valence-electron chi connectivity index (χ3n) is 4.86. The third-order valence-corrected chi connectivity index (χ3v) is 4.86. The molecule has 174 valence electrons. The van der Waals surface area contributed by atoms with E-state index in [4.69, 9.17) is 9.47 Å². The molecule has 0 radical (unpaired) electrons. The van der Waals surface area contributed by atoms with Gasteiger partial charge in [0.05, 0.1) is 7.11 Å². The van der Waals surface area contributed by atoms with Crippen molar-refractivity contribution in [2.75, 3.05) is 51.1 Å². The fraction of sp³-hybridized carbons (Fsp3) is 0.292. The van der Waals surface area contributed by atoms with Gasteiger partial charge in [-0.3, -0.25) is 4.90 Å². The first-order valence-electron chi connectivity index (χ1n) is 10.6. The van der Waals surface area contributed by atoms with Gasteiger partial charge in [-0.2, -0.15) is 4.98 Å². The molecule has 1 heterocycles. The first-order valence-corrected chi connectivity index (χ1v) is 10.6. The summed E-state index contributed by atoms with van der Waals surface area (Å²) >= 11 is 0. The number of nitrogens with zero attached hydrogens (tertiary/aromatic N) is 4. The highest BCUT2D eigenvalue weighted by Crippen LogP contribution is 2.22. The second-order valence-corrected chi connectivity index (χ2v) is 7.54. The predicted molar refractivity (Wildman–Crippen MR) is 128 cm³/mol. The number of nitrogens with one attached hydrogen (secondary N) is 1. The number of carboxylic acid groups (broad SMARTS) is 1. The molecule has 0 aliphatic rings. The summed E-state index contributed by atoms with van der Waals surface area (Å²) < 4.78 is 11.1. The third kappa shape index (κ3) is 7.08. The lowest BCUT2D eigenvalue weighted by molar-refractivity contribution is 0.201. The van der Waals surface area contributed by atoms with Crippen LogP contribution in [0, 0.1) is 0 Å². The Balaban J connectivity index is 1.66. The van der Waals surface area contributed by atoms with E-state index in [9.17, 15) is 9.90 Å². The molecule has 9 nitrogen and oxygen atoms in total. The summed E-state index contributed by atoms with van der Waals surface area (Å²) in [6, 6.07) is 16.6. The topological polar surface area (TPSA) is 100 Å². The molecule has 0 saturated heterocycles. The molecule has 0 unspecified atom stereocenters. The Morgan fingerprint density at radius 2 is 1.82 bits per heavy atom. The van der Waals surface area contributed by atoms with E-state index in [1.165, 1.54) is 11.1 Å². The molecule has 0 saturated carbocycles. The lowest BCUT2D eigenvalue weighted by Gasteiger charge is -2.19. The smallest absolute Gasteiger partial charge is 0.413 e. The van der Waals surface area contributed by atoms with Crippen LogP contribution in [0.2, 0.25) is 0 Å². The number of aromatic nitrogens is 2. The largest absolute Gasteiger partial charge is 0.496 e. The van der Waals surface area contributed by atoms with Crippen molar-refractivity contribution >= 4 is 23.5 Å². The zero-order chi connectivity index (χ0) is 23.6. The highest BCUT2D eigenvalue weighted by Gasteiger charge is 2.17. The van der Waals surface area contributed by atoms with Crippen LogP contribution in [0.1, 0.15) is 5.56 Å². The number of hydrogen-bond acceptors (Lipinski definition) is 7. The van der Waals surface area contributed by atoms with E-state index in [1.807, 2.05) is 62.6 Å². The van der Waals surface area contributed by atoms with E-state index in [0.717, 1.165) is 29.3 Å². The molecule has 1 aromatic heterocycles. The Kier molecular flexibility index (Phi) is 8.43. The van der Waals surface area contributed by atoms with Gasteiger partial charge in [-0.05, 0) is 62.5 Å². The van der Waals surface area contributed by atoms with Gasteiger partial charge in [-0.25, -0.2) is 9.78 Å². The van der Waals surface area contributed by atoms with Gasteiger partial charge in [0.25, 0.3) is 0 Å². The SMILES string of the molecule is COc1ccccc1CCN(C(=O)O)c1ccnc(Nc2ccc(OCCN(C)C)cc2)n1. The van der Waals surface area contributed by atoms with Crippen LogP contribution in [0.25, 0.3) is 0 Å². The first-order chi connectivity index (χ1) is 16.0. The molecule has 2 aromatic carbocycles. The van der Waals surface area contributed by atoms with Crippen molar-refractivity contribution in [2.24, 2.45) is 0 Å². The number of ether oxygens (including phenoxy) is 2. The predicted octanol–water partition coefficient (Wildman–Crippen LogP) is 3.90. The van der Waals surface area contributed by atoms with Crippen LogP contribution in [-0.4, -0.2) is 67.0 Å². The Hall–Kier alpha value is -3.85. The second kappa shape index (κ2) is 11.7. The molecule has 1 amide bonds. The van der Waals surface area contributed by atoms with Gasteiger partial charge in [0.1, 0.15) is 23.9 Å². The summed E-state index contributed by atoms with van der Waals surface area (Å²) in [6.07, 6.45) is 0.926. The molecule has 3 rings (SSSR count). The van der Waals surface area contributed by atoms with Crippen molar-refractivity contribution in [2.45, 2.75) is 6.42 Å². The van der Waals surface area contributed by atoms with Gasteiger partial charge < -0.3 is 24.8 Å². The van der Waals surface area contributed by atoms with Gasteiger partial charge in [0.15, 0.2) is 0 Å².